The highest BCUT2D eigenvalue weighted by molar-refractivity contribution is 9.10. The number of hydrogen-bond donors (Lipinski definition) is 0. The van der Waals surface area contributed by atoms with Gasteiger partial charge in [0.25, 0.3) is 16.8 Å². The third-order valence-electron chi connectivity index (χ3n) is 5.37. The zero-order valence-corrected chi connectivity index (χ0v) is 21.8. The van der Waals surface area contributed by atoms with E-state index >= 15 is 0 Å². The lowest BCUT2D eigenvalue weighted by Crippen LogP contribution is -2.33. The lowest BCUT2D eigenvalue weighted by atomic mass is 10.1. The van der Waals surface area contributed by atoms with Crippen LogP contribution >= 0.6 is 27.7 Å². The predicted molar refractivity (Wildman–Crippen MR) is 142 cm³/mol. The van der Waals surface area contributed by atoms with Crippen LogP contribution in [-0.4, -0.2) is 40.4 Å². The van der Waals surface area contributed by atoms with Crippen LogP contribution in [0.1, 0.15) is 21.5 Å². The molecule has 11 heteroatoms. The Morgan fingerprint density at radius 1 is 1.05 bits per heavy atom. The topological polar surface area (TPSA) is 116 Å². The number of halogens is 1. The summed E-state index contributed by atoms with van der Waals surface area (Å²) in [4.78, 5) is 49.1. The second-order valence-electron chi connectivity index (χ2n) is 7.82. The van der Waals surface area contributed by atoms with Crippen molar-refractivity contribution in [2.75, 3.05) is 13.7 Å². The number of ether oxygens (including phenoxy) is 2. The minimum absolute atomic E-state index is 0.159. The van der Waals surface area contributed by atoms with Crippen molar-refractivity contribution in [2.24, 2.45) is 0 Å². The lowest BCUT2D eigenvalue weighted by molar-refractivity contribution is -0.384. The Balaban J connectivity index is 1.44. The number of nitro benzene ring substituents is 1. The molecule has 0 atom stereocenters. The third kappa shape index (κ3) is 6.25. The number of non-ortho nitro benzene ring substituents is 1. The Kier molecular flexibility index (Phi) is 8.04. The molecule has 188 valence electrons. The Morgan fingerprint density at radius 3 is 2.41 bits per heavy atom. The van der Waals surface area contributed by atoms with Crippen molar-refractivity contribution in [1.29, 1.82) is 0 Å². The van der Waals surface area contributed by atoms with Gasteiger partial charge in [-0.05, 0) is 65.4 Å². The van der Waals surface area contributed by atoms with Gasteiger partial charge in [0, 0.05) is 22.2 Å². The molecule has 3 aromatic carbocycles. The average Bonchev–Trinajstić information content (AvgIpc) is 3.15. The lowest BCUT2D eigenvalue weighted by Gasteiger charge is -2.12. The molecule has 37 heavy (non-hydrogen) atoms. The summed E-state index contributed by atoms with van der Waals surface area (Å²) in [7, 11) is 1.50. The number of nitro groups is 1. The Morgan fingerprint density at radius 2 is 1.76 bits per heavy atom. The van der Waals surface area contributed by atoms with Crippen LogP contribution in [0.5, 0.6) is 11.5 Å². The summed E-state index contributed by atoms with van der Waals surface area (Å²) in [5, 5.41) is 10.2. The summed E-state index contributed by atoms with van der Waals surface area (Å²) in [6.07, 6.45) is 1.54. The Hall–Kier alpha value is -3.96. The number of carbonyl (C=O) groups excluding carboxylic acids is 3. The van der Waals surface area contributed by atoms with Crippen LogP contribution in [0.2, 0.25) is 0 Å². The number of Topliss-reactive ketones (excluding diaryl/α,β-unsaturated/α-hetero) is 1. The number of rotatable bonds is 9. The number of imide groups is 1. The first kappa shape index (κ1) is 26.1. The fourth-order valence-corrected chi connectivity index (χ4v) is 4.53. The highest BCUT2D eigenvalue weighted by Gasteiger charge is 2.36. The monoisotopic (exact) mass is 582 g/mol. The van der Waals surface area contributed by atoms with Gasteiger partial charge in [0.1, 0.15) is 6.61 Å². The smallest absolute Gasteiger partial charge is 0.293 e. The van der Waals surface area contributed by atoms with E-state index in [4.69, 9.17) is 9.47 Å². The fourth-order valence-electron chi connectivity index (χ4n) is 3.43. The van der Waals surface area contributed by atoms with E-state index in [-0.39, 0.29) is 16.2 Å². The molecule has 9 nitrogen and oxygen atoms in total. The first-order valence-corrected chi connectivity index (χ1v) is 12.4. The highest BCUT2D eigenvalue weighted by Crippen LogP contribution is 2.35. The first-order chi connectivity index (χ1) is 17.7. The minimum Gasteiger partial charge on any atom is -0.493 e. The van der Waals surface area contributed by atoms with Crippen molar-refractivity contribution >= 4 is 56.4 Å². The number of ketones is 1. The molecule has 1 heterocycles. The molecule has 2 amide bonds. The van der Waals surface area contributed by atoms with Gasteiger partial charge < -0.3 is 9.47 Å². The first-order valence-electron chi connectivity index (χ1n) is 10.8. The number of benzene rings is 3. The molecule has 1 aliphatic rings. The van der Waals surface area contributed by atoms with E-state index in [1.807, 2.05) is 24.3 Å². The van der Waals surface area contributed by atoms with E-state index in [0.29, 0.717) is 23.7 Å². The molecule has 1 aliphatic heterocycles. The van der Waals surface area contributed by atoms with Gasteiger partial charge in [-0.25, -0.2) is 0 Å². The van der Waals surface area contributed by atoms with Crippen LogP contribution in [0.15, 0.2) is 76.1 Å². The second-order valence-corrected chi connectivity index (χ2v) is 9.73. The molecule has 0 unspecified atom stereocenters. The summed E-state index contributed by atoms with van der Waals surface area (Å²) >= 11 is 4.12. The van der Waals surface area contributed by atoms with E-state index in [1.54, 1.807) is 24.3 Å². The molecule has 0 spiro atoms. The van der Waals surface area contributed by atoms with Crippen LogP contribution in [0, 0.1) is 10.1 Å². The quantitative estimate of drug-likeness (QED) is 0.133. The third-order valence-corrected chi connectivity index (χ3v) is 6.80. The molecule has 0 radical (unpaired) electrons. The summed E-state index contributed by atoms with van der Waals surface area (Å²) < 4.78 is 12.3. The van der Waals surface area contributed by atoms with E-state index in [1.165, 1.54) is 31.4 Å². The second kappa shape index (κ2) is 11.4. The zero-order valence-electron chi connectivity index (χ0n) is 19.4. The number of methoxy groups -OCH3 is 1. The van der Waals surface area contributed by atoms with Crippen LogP contribution in [0.25, 0.3) is 6.08 Å². The van der Waals surface area contributed by atoms with Crippen molar-refractivity contribution < 1.29 is 28.8 Å². The van der Waals surface area contributed by atoms with E-state index in [9.17, 15) is 24.5 Å². The van der Waals surface area contributed by atoms with Crippen molar-refractivity contribution in [3.63, 3.8) is 0 Å². The number of hydrogen-bond acceptors (Lipinski definition) is 8. The molecule has 3 aromatic rings. The SMILES string of the molecule is COc1cc(/C=C2\SC(=O)N(CC(=O)c3ccc([N+](=O)[O-])cc3)C2=O)ccc1OCc1ccc(Br)cc1. The van der Waals surface area contributed by atoms with Gasteiger partial charge in [0.2, 0.25) is 0 Å². The van der Waals surface area contributed by atoms with Crippen LogP contribution in [0.4, 0.5) is 10.5 Å². The van der Waals surface area contributed by atoms with Gasteiger partial charge in [-0.1, -0.05) is 34.1 Å². The predicted octanol–water partition coefficient (Wildman–Crippen LogP) is 5.86. The summed E-state index contributed by atoms with van der Waals surface area (Å²) in [6, 6.07) is 17.8. The fraction of sp³-hybridized carbons (Fsp3) is 0.115. The molecule has 1 fully saturated rings. The Bertz CT molecular complexity index is 1410. The molecular formula is C26H19BrN2O7S. The van der Waals surface area contributed by atoms with Crippen molar-refractivity contribution in [3.05, 3.63) is 103 Å². The van der Waals surface area contributed by atoms with Gasteiger partial charge in [-0.15, -0.1) is 0 Å². The van der Waals surface area contributed by atoms with E-state index in [0.717, 1.165) is 26.7 Å². The highest BCUT2D eigenvalue weighted by atomic mass is 79.9. The average molecular weight is 583 g/mol. The van der Waals surface area contributed by atoms with Crippen LogP contribution in [-0.2, 0) is 11.4 Å². The number of nitrogens with zero attached hydrogens (tertiary/aromatic N) is 2. The molecule has 0 aromatic heterocycles. The van der Waals surface area contributed by atoms with Crippen molar-refractivity contribution in [2.45, 2.75) is 6.61 Å². The molecule has 0 bridgehead atoms. The maximum absolute atomic E-state index is 12.9. The van der Waals surface area contributed by atoms with E-state index < -0.39 is 28.4 Å². The normalized spacial score (nSPS) is 14.2. The molecular weight excluding hydrogens is 564 g/mol. The van der Waals surface area contributed by atoms with Gasteiger partial charge in [-0.3, -0.25) is 29.4 Å². The molecule has 0 saturated carbocycles. The van der Waals surface area contributed by atoms with Gasteiger partial charge in [-0.2, -0.15) is 0 Å². The summed E-state index contributed by atoms with van der Waals surface area (Å²) in [5.74, 6) is -0.130. The number of carbonyl (C=O) groups is 3. The van der Waals surface area contributed by atoms with Gasteiger partial charge in [0.05, 0.1) is 23.5 Å². The Labute approximate surface area is 224 Å². The van der Waals surface area contributed by atoms with Crippen molar-refractivity contribution in [3.8, 4) is 11.5 Å². The van der Waals surface area contributed by atoms with Crippen LogP contribution in [0.3, 0.4) is 0 Å². The standard InChI is InChI=1S/C26H19BrN2O7S/c1-35-23-12-17(4-11-22(23)36-15-16-2-7-19(27)8-3-16)13-24-25(31)28(26(32)37-24)14-21(30)18-5-9-20(10-6-18)29(33)34/h2-13H,14-15H2,1H3/b24-13-. The number of thioether (sulfide) groups is 1. The van der Waals surface area contributed by atoms with E-state index in [2.05, 4.69) is 15.9 Å². The molecule has 0 aliphatic carbocycles. The summed E-state index contributed by atoms with van der Waals surface area (Å²) in [5.41, 5.74) is 1.59. The maximum Gasteiger partial charge on any atom is 0.293 e. The van der Waals surface area contributed by atoms with Crippen molar-refractivity contribution in [1.82, 2.24) is 4.90 Å². The molecule has 1 saturated heterocycles. The minimum atomic E-state index is -0.597. The van der Waals surface area contributed by atoms with Gasteiger partial charge in [0.15, 0.2) is 17.3 Å². The number of amides is 2. The molecule has 0 N–H and O–H groups in total. The van der Waals surface area contributed by atoms with Crippen LogP contribution < -0.4 is 9.47 Å². The zero-order chi connectivity index (χ0) is 26.5. The molecule has 4 rings (SSSR count). The maximum atomic E-state index is 12.9. The van der Waals surface area contributed by atoms with Gasteiger partial charge >= 0.3 is 0 Å². The summed E-state index contributed by atoms with van der Waals surface area (Å²) in [6.45, 7) is -0.128. The largest absolute Gasteiger partial charge is 0.493 e.